The van der Waals surface area contributed by atoms with Crippen LogP contribution in [-0.4, -0.2) is 11.2 Å². The summed E-state index contributed by atoms with van der Waals surface area (Å²) in [6.07, 6.45) is 0.425. The van der Waals surface area contributed by atoms with E-state index in [0.29, 0.717) is 23.3 Å². The average molecular weight is 288 g/mol. The standard InChI is InChI=1S/C18H21FO2/c1-4-18(20,14-8-7-9-15(19)12-14)16-10-5-6-11-17(16)21-13(2)3/h5-13,20H,4H2,1-3H3. The van der Waals surface area contributed by atoms with Crippen LogP contribution < -0.4 is 4.74 Å². The van der Waals surface area contributed by atoms with Gasteiger partial charge in [0, 0.05) is 5.56 Å². The van der Waals surface area contributed by atoms with Crippen molar-refractivity contribution in [1.82, 2.24) is 0 Å². The Morgan fingerprint density at radius 2 is 1.86 bits per heavy atom. The van der Waals surface area contributed by atoms with Crippen LogP contribution >= 0.6 is 0 Å². The first-order valence-corrected chi connectivity index (χ1v) is 7.22. The molecule has 0 spiro atoms. The van der Waals surface area contributed by atoms with Gasteiger partial charge in [-0.2, -0.15) is 0 Å². The van der Waals surface area contributed by atoms with Crippen molar-refractivity contribution in [2.45, 2.75) is 38.9 Å². The molecule has 112 valence electrons. The minimum absolute atomic E-state index is 0.000217. The third-order valence-electron chi connectivity index (χ3n) is 3.51. The molecular weight excluding hydrogens is 267 g/mol. The fourth-order valence-electron chi connectivity index (χ4n) is 2.46. The number of benzene rings is 2. The summed E-state index contributed by atoms with van der Waals surface area (Å²) in [7, 11) is 0. The van der Waals surface area contributed by atoms with Crippen LogP contribution in [0.3, 0.4) is 0 Å². The molecule has 2 aromatic carbocycles. The third kappa shape index (κ3) is 3.24. The molecule has 1 N–H and O–H groups in total. The van der Waals surface area contributed by atoms with E-state index < -0.39 is 5.60 Å². The second-order valence-corrected chi connectivity index (χ2v) is 5.39. The van der Waals surface area contributed by atoms with E-state index in [2.05, 4.69) is 0 Å². The fourth-order valence-corrected chi connectivity index (χ4v) is 2.46. The molecule has 0 radical (unpaired) electrons. The normalized spacial score (nSPS) is 14.0. The molecule has 0 bridgehead atoms. The largest absolute Gasteiger partial charge is 0.491 e. The van der Waals surface area contributed by atoms with E-state index in [-0.39, 0.29) is 11.9 Å². The molecule has 3 heteroatoms. The van der Waals surface area contributed by atoms with Crippen molar-refractivity contribution in [3.8, 4) is 5.75 Å². The topological polar surface area (TPSA) is 29.5 Å². The molecule has 1 unspecified atom stereocenters. The molecule has 0 fully saturated rings. The predicted molar refractivity (Wildman–Crippen MR) is 81.9 cm³/mol. The van der Waals surface area contributed by atoms with Crippen molar-refractivity contribution in [2.24, 2.45) is 0 Å². The highest BCUT2D eigenvalue weighted by molar-refractivity contribution is 5.44. The van der Waals surface area contributed by atoms with Gasteiger partial charge in [-0.1, -0.05) is 37.3 Å². The number of para-hydroxylation sites is 1. The molecule has 0 aliphatic rings. The van der Waals surface area contributed by atoms with Gasteiger partial charge in [0.25, 0.3) is 0 Å². The predicted octanol–water partition coefficient (Wildman–Crippen LogP) is 4.26. The summed E-state index contributed by atoms with van der Waals surface area (Å²) in [5.74, 6) is 0.266. The summed E-state index contributed by atoms with van der Waals surface area (Å²) < 4.78 is 19.3. The second-order valence-electron chi connectivity index (χ2n) is 5.39. The smallest absolute Gasteiger partial charge is 0.126 e. The van der Waals surface area contributed by atoms with E-state index in [4.69, 9.17) is 4.74 Å². The maximum absolute atomic E-state index is 13.5. The number of hydrogen-bond donors (Lipinski definition) is 1. The number of halogens is 1. The molecule has 0 aromatic heterocycles. The molecule has 0 aliphatic heterocycles. The van der Waals surface area contributed by atoms with Gasteiger partial charge >= 0.3 is 0 Å². The van der Waals surface area contributed by atoms with Crippen LogP contribution in [0.1, 0.15) is 38.3 Å². The molecule has 0 amide bonds. The first-order chi connectivity index (χ1) is 9.97. The summed E-state index contributed by atoms with van der Waals surface area (Å²) in [6, 6.07) is 13.5. The van der Waals surface area contributed by atoms with Crippen LogP contribution in [0.25, 0.3) is 0 Å². The zero-order chi connectivity index (χ0) is 15.5. The highest BCUT2D eigenvalue weighted by Gasteiger charge is 2.32. The van der Waals surface area contributed by atoms with Crippen molar-refractivity contribution >= 4 is 0 Å². The van der Waals surface area contributed by atoms with Gasteiger partial charge in [-0.05, 0) is 44.0 Å². The van der Waals surface area contributed by atoms with Crippen molar-refractivity contribution in [3.05, 3.63) is 65.5 Å². The number of rotatable bonds is 5. The van der Waals surface area contributed by atoms with Gasteiger partial charge in [0.1, 0.15) is 17.2 Å². The zero-order valence-corrected chi connectivity index (χ0v) is 12.6. The van der Waals surface area contributed by atoms with Gasteiger partial charge in [-0.3, -0.25) is 0 Å². The van der Waals surface area contributed by atoms with E-state index in [1.54, 1.807) is 12.1 Å². The second kappa shape index (κ2) is 6.27. The SMILES string of the molecule is CCC(O)(c1cccc(F)c1)c1ccccc1OC(C)C. The summed E-state index contributed by atoms with van der Waals surface area (Å²) in [4.78, 5) is 0. The van der Waals surface area contributed by atoms with E-state index in [9.17, 15) is 9.50 Å². The fraction of sp³-hybridized carbons (Fsp3) is 0.333. The molecule has 2 nitrogen and oxygen atoms in total. The van der Waals surface area contributed by atoms with Crippen LogP contribution in [0, 0.1) is 5.82 Å². The molecule has 0 heterocycles. The minimum Gasteiger partial charge on any atom is -0.491 e. The Morgan fingerprint density at radius 1 is 1.14 bits per heavy atom. The van der Waals surface area contributed by atoms with Crippen LogP contribution in [0.5, 0.6) is 5.75 Å². The number of hydrogen-bond acceptors (Lipinski definition) is 2. The summed E-state index contributed by atoms with van der Waals surface area (Å²) in [5.41, 5.74) is -0.0790. The highest BCUT2D eigenvalue weighted by Crippen LogP contribution is 2.38. The molecule has 0 aliphatic carbocycles. The molecule has 0 saturated heterocycles. The van der Waals surface area contributed by atoms with Gasteiger partial charge in [0.2, 0.25) is 0 Å². The molecule has 1 atom stereocenters. The third-order valence-corrected chi connectivity index (χ3v) is 3.51. The van der Waals surface area contributed by atoms with E-state index in [1.165, 1.54) is 12.1 Å². The monoisotopic (exact) mass is 288 g/mol. The Morgan fingerprint density at radius 3 is 2.48 bits per heavy atom. The van der Waals surface area contributed by atoms with Crippen molar-refractivity contribution in [1.29, 1.82) is 0 Å². The lowest BCUT2D eigenvalue weighted by Crippen LogP contribution is -2.27. The van der Waals surface area contributed by atoms with Gasteiger partial charge in [0.15, 0.2) is 0 Å². The first kappa shape index (κ1) is 15.5. The van der Waals surface area contributed by atoms with Gasteiger partial charge < -0.3 is 9.84 Å². The Balaban J connectivity index is 2.55. The summed E-state index contributed by atoms with van der Waals surface area (Å²) in [6.45, 7) is 5.74. The summed E-state index contributed by atoms with van der Waals surface area (Å²) in [5, 5.41) is 11.1. The molecule has 21 heavy (non-hydrogen) atoms. The van der Waals surface area contributed by atoms with Gasteiger partial charge in [-0.15, -0.1) is 0 Å². The Labute approximate surface area is 125 Å². The Bertz CT molecular complexity index is 610. The van der Waals surface area contributed by atoms with Crippen LogP contribution in [0.4, 0.5) is 4.39 Å². The van der Waals surface area contributed by atoms with Gasteiger partial charge in [-0.25, -0.2) is 4.39 Å². The molecule has 2 aromatic rings. The lowest BCUT2D eigenvalue weighted by Gasteiger charge is -2.30. The maximum Gasteiger partial charge on any atom is 0.126 e. The molecular formula is C18H21FO2. The summed E-state index contributed by atoms with van der Waals surface area (Å²) >= 11 is 0. The van der Waals surface area contributed by atoms with Crippen molar-refractivity contribution in [2.75, 3.05) is 0 Å². The zero-order valence-electron chi connectivity index (χ0n) is 12.6. The van der Waals surface area contributed by atoms with E-state index in [1.807, 2.05) is 45.0 Å². The van der Waals surface area contributed by atoms with E-state index in [0.717, 1.165) is 0 Å². The van der Waals surface area contributed by atoms with Crippen molar-refractivity contribution < 1.29 is 14.2 Å². The van der Waals surface area contributed by atoms with Crippen molar-refractivity contribution in [3.63, 3.8) is 0 Å². The first-order valence-electron chi connectivity index (χ1n) is 7.22. The maximum atomic E-state index is 13.5. The van der Waals surface area contributed by atoms with Gasteiger partial charge in [0.05, 0.1) is 6.10 Å². The van der Waals surface area contributed by atoms with E-state index >= 15 is 0 Å². The molecule has 0 saturated carbocycles. The Hall–Kier alpha value is -1.87. The highest BCUT2D eigenvalue weighted by atomic mass is 19.1. The minimum atomic E-state index is -1.27. The van der Waals surface area contributed by atoms with Crippen LogP contribution in [-0.2, 0) is 5.60 Å². The lowest BCUT2D eigenvalue weighted by atomic mass is 9.83. The number of ether oxygens (including phenoxy) is 1. The molecule has 2 rings (SSSR count). The Kier molecular flexibility index (Phi) is 4.63. The van der Waals surface area contributed by atoms with Crippen LogP contribution in [0.15, 0.2) is 48.5 Å². The average Bonchev–Trinajstić information content (AvgIpc) is 2.46. The lowest BCUT2D eigenvalue weighted by molar-refractivity contribution is 0.0709. The van der Waals surface area contributed by atoms with Crippen LogP contribution in [0.2, 0.25) is 0 Å². The number of aliphatic hydroxyl groups is 1. The quantitative estimate of drug-likeness (QED) is 0.891.